The summed E-state index contributed by atoms with van der Waals surface area (Å²) < 4.78 is 1.17. The van der Waals surface area contributed by atoms with Crippen LogP contribution in [0.2, 0.25) is 0 Å². The molecule has 0 spiro atoms. The van der Waals surface area contributed by atoms with E-state index in [1.54, 1.807) is 11.3 Å². The highest BCUT2D eigenvalue weighted by Crippen LogP contribution is 2.34. The third-order valence-electron chi connectivity index (χ3n) is 5.37. The second-order valence-electron chi connectivity index (χ2n) is 7.50. The maximum Gasteiger partial charge on any atom is 0.261 e. The van der Waals surface area contributed by atoms with Gasteiger partial charge in [0, 0.05) is 31.9 Å². The van der Waals surface area contributed by atoms with Crippen LogP contribution in [0.4, 0.5) is 0 Å². The first kappa shape index (κ1) is 19.4. The summed E-state index contributed by atoms with van der Waals surface area (Å²) in [6.45, 7) is 2.82. The van der Waals surface area contributed by atoms with E-state index in [1.807, 2.05) is 48.7 Å². The minimum atomic E-state index is 0.0236. The molecule has 1 saturated heterocycles. The van der Waals surface area contributed by atoms with Gasteiger partial charge >= 0.3 is 0 Å². The lowest BCUT2D eigenvalue weighted by Crippen LogP contribution is -2.44. The number of amides is 1. The van der Waals surface area contributed by atoms with E-state index in [9.17, 15) is 4.79 Å². The number of thiazole rings is 1. The lowest BCUT2D eigenvalue weighted by Gasteiger charge is -2.32. The average molecular weight is 435 g/mol. The third-order valence-corrected chi connectivity index (χ3v) is 7.66. The maximum absolute atomic E-state index is 12.8. The molecule has 0 bridgehead atoms. The number of piperidine rings is 1. The second kappa shape index (κ2) is 8.63. The lowest BCUT2D eigenvalue weighted by molar-refractivity contribution is 0.0912. The molecule has 0 radical (unpaired) electrons. The van der Waals surface area contributed by atoms with Crippen molar-refractivity contribution in [1.82, 2.24) is 20.2 Å². The van der Waals surface area contributed by atoms with Crippen molar-refractivity contribution >= 4 is 38.8 Å². The predicted molar refractivity (Wildman–Crippen MR) is 123 cm³/mol. The molecule has 4 heterocycles. The van der Waals surface area contributed by atoms with E-state index in [0.717, 1.165) is 58.4 Å². The SMILES string of the molecule is O=C(NC1CCN(Cc2ccccn2)CC1)c1ccc(-c2nc3ccccc3s2)s1. The Morgan fingerprint density at radius 1 is 1.03 bits per heavy atom. The maximum atomic E-state index is 12.8. The second-order valence-corrected chi connectivity index (χ2v) is 9.61. The highest BCUT2D eigenvalue weighted by molar-refractivity contribution is 7.26. The first-order chi connectivity index (χ1) is 14.7. The Kier molecular flexibility index (Phi) is 5.57. The highest BCUT2D eigenvalue weighted by Gasteiger charge is 2.22. The Labute approximate surface area is 183 Å². The Morgan fingerprint density at radius 2 is 1.87 bits per heavy atom. The number of nitrogens with zero attached hydrogens (tertiary/aromatic N) is 3. The fourth-order valence-corrected chi connectivity index (χ4v) is 5.69. The summed E-state index contributed by atoms with van der Waals surface area (Å²) >= 11 is 3.19. The zero-order valence-electron chi connectivity index (χ0n) is 16.5. The van der Waals surface area contributed by atoms with Gasteiger partial charge in [0.05, 0.1) is 25.7 Å². The number of fused-ring (bicyclic) bond motifs is 1. The molecule has 3 aromatic heterocycles. The van der Waals surface area contributed by atoms with Crippen LogP contribution in [-0.2, 0) is 6.54 Å². The molecule has 152 valence electrons. The van der Waals surface area contributed by atoms with Gasteiger partial charge < -0.3 is 5.32 Å². The molecule has 0 aliphatic carbocycles. The van der Waals surface area contributed by atoms with Gasteiger partial charge in [0.2, 0.25) is 0 Å². The van der Waals surface area contributed by atoms with E-state index in [1.165, 1.54) is 16.0 Å². The molecule has 1 aliphatic rings. The highest BCUT2D eigenvalue weighted by atomic mass is 32.1. The molecule has 1 amide bonds. The van der Waals surface area contributed by atoms with Crippen molar-refractivity contribution in [1.29, 1.82) is 0 Å². The van der Waals surface area contributed by atoms with E-state index in [2.05, 4.69) is 27.3 Å². The number of thiophene rings is 1. The summed E-state index contributed by atoms with van der Waals surface area (Å²) in [4.78, 5) is 26.1. The van der Waals surface area contributed by atoms with Crippen LogP contribution in [-0.4, -0.2) is 39.9 Å². The summed E-state index contributed by atoms with van der Waals surface area (Å²) in [6, 6.07) is 18.3. The number of hydrogen-bond acceptors (Lipinski definition) is 6. The van der Waals surface area contributed by atoms with Crippen LogP contribution < -0.4 is 5.32 Å². The van der Waals surface area contributed by atoms with Crippen molar-refractivity contribution in [2.45, 2.75) is 25.4 Å². The molecule has 1 aliphatic heterocycles. The van der Waals surface area contributed by atoms with Gasteiger partial charge in [-0.1, -0.05) is 18.2 Å². The standard InChI is InChI=1S/C23H22N4OS2/c28-22(25-16-10-13-27(14-11-16)15-17-5-3-4-12-24-17)20-8-9-21(29-20)23-26-18-6-1-2-7-19(18)30-23/h1-9,12,16H,10-11,13-15H2,(H,25,28). The van der Waals surface area contributed by atoms with Gasteiger partial charge in [-0.05, 0) is 49.2 Å². The fourth-order valence-electron chi connectivity index (χ4n) is 3.77. The molecule has 1 N–H and O–H groups in total. The van der Waals surface area contributed by atoms with Gasteiger partial charge in [-0.2, -0.15) is 0 Å². The van der Waals surface area contributed by atoms with Crippen molar-refractivity contribution in [2.75, 3.05) is 13.1 Å². The first-order valence-corrected chi connectivity index (χ1v) is 11.8. The van der Waals surface area contributed by atoms with Gasteiger partial charge in [-0.15, -0.1) is 22.7 Å². The van der Waals surface area contributed by atoms with Crippen LogP contribution in [0.25, 0.3) is 20.1 Å². The Balaban J connectivity index is 1.17. The molecule has 30 heavy (non-hydrogen) atoms. The van der Waals surface area contributed by atoms with E-state index in [4.69, 9.17) is 4.98 Å². The fraction of sp³-hybridized carbons (Fsp3) is 0.261. The number of hydrogen-bond donors (Lipinski definition) is 1. The summed E-state index contributed by atoms with van der Waals surface area (Å²) in [5.74, 6) is 0.0236. The number of likely N-dealkylation sites (tertiary alicyclic amines) is 1. The molecule has 5 nitrogen and oxygen atoms in total. The molecule has 0 saturated carbocycles. The van der Waals surface area contributed by atoms with Crippen molar-refractivity contribution in [3.05, 3.63) is 71.4 Å². The van der Waals surface area contributed by atoms with Gasteiger partial charge in [-0.3, -0.25) is 14.7 Å². The summed E-state index contributed by atoms with van der Waals surface area (Å²) in [6.07, 6.45) is 3.77. The molecule has 1 fully saturated rings. The first-order valence-electron chi connectivity index (χ1n) is 10.1. The number of aromatic nitrogens is 2. The number of carbonyl (C=O) groups excluding carboxylic acids is 1. The largest absolute Gasteiger partial charge is 0.349 e. The number of benzene rings is 1. The quantitative estimate of drug-likeness (QED) is 0.490. The molecule has 1 aromatic carbocycles. The van der Waals surface area contributed by atoms with Crippen molar-refractivity contribution < 1.29 is 4.79 Å². The molecule has 0 atom stereocenters. The molecular formula is C23H22N4OS2. The smallest absolute Gasteiger partial charge is 0.261 e. The van der Waals surface area contributed by atoms with Crippen LogP contribution in [0.1, 0.15) is 28.2 Å². The van der Waals surface area contributed by atoms with Crippen molar-refractivity contribution in [3.63, 3.8) is 0 Å². The minimum absolute atomic E-state index is 0.0236. The summed E-state index contributed by atoms with van der Waals surface area (Å²) in [5, 5.41) is 4.20. The Bertz CT molecular complexity index is 1110. The van der Waals surface area contributed by atoms with Gasteiger partial charge in [0.1, 0.15) is 5.01 Å². The summed E-state index contributed by atoms with van der Waals surface area (Å²) in [7, 11) is 0. The van der Waals surface area contributed by atoms with Gasteiger partial charge in [0.15, 0.2) is 0 Å². The monoisotopic (exact) mass is 434 g/mol. The Hall–Kier alpha value is -2.61. The van der Waals surface area contributed by atoms with Crippen LogP contribution >= 0.6 is 22.7 Å². The average Bonchev–Trinajstić information content (AvgIpc) is 3.43. The van der Waals surface area contributed by atoms with Gasteiger partial charge in [-0.25, -0.2) is 4.98 Å². The van der Waals surface area contributed by atoms with Crippen molar-refractivity contribution in [3.8, 4) is 9.88 Å². The Morgan fingerprint density at radius 3 is 2.67 bits per heavy atom. The number of rotatable bonds is 5. The molecule has 5 rings (SSSR count). The molecule has 4 aromatic rings. The molecular weight excluding hydrogens is 412 g/mol. The summed E-state index contributed by atoms with van der Waals surface area (Å²) in [5.41, 5.74) is 2.11. The van der Waals surface area contributed by atoms with Crippen LogP contribution in [0.3, 0.4) is 0 Å². The molecule has 0 unspecified atom stereocenters. The van der Waals surface area contributed by atoms with E-state index < -0.39 is 0 Å². The number of para-hydroxylation sites is 1. The van der Waals surface area contributed by atoms with E-state index >= 15 is 0 Å². The van der Waals surface area contributed by atoms with Crippen LogP contribution in [0, 0.1) is 0 Å². The third kappa shape index (κ3) is 4.28. The minimum Gasteiger partial charge on any atom is -0.349 e. The number of carbonyl (C=O) groups is 1. The predicted octanol–water partition coefficient (Wildman–Crippen LogP) is 4.81. The number of nitrogens with one attached hydrogen (secondary N) is 1. The topological polar surface area (TPSA) is 58.1 Å². The zero-order chi connectivity index (χ0) is 20.3. The molecule has 7 heteroatoms. The van der Waals surface area contributed by atoms with Crippen LogP contribution in [0.15, 0.2) is 60.8 Å². The van der Waals surface area contributed by atoms with E-state index in [0.29, 0.717) is 0 Å². The van der Waals surface area contributed by atoms with Crippen molar-refractivity contribution in [2.24, 2.45) is 0 Å². The number of pyridine rings is 1. The van der Waals surface area contributed by atoms with E-state index in [-0.39, 0.29) is 11.9 Å². The lowest BCUT2D eigenvalue weighted by atomic mass is 10.0. The zero-order valence-corrected chi connectivity index (χ0v) is 18.1. The normalized spacial score (nSPS) is 15.5. The van der Waals surface area contributed by atoms with Gasteiger partial charge in [0.25, 0.3) is 5.91 Å². The van der Waals surface area contributed by atoms with Crippen LogP contribution in [0.5, 0.6) is 0 Å².